The van der Waals surface area contributed by atoms with Crippen LogP contribution in [0.25, 0.3) is 0 Å². The van der Waals surface area contributed by atoms with Crippen LogP contribution < -0.4 is 11.1 Å². The highest BCUT2D eigenvalue weighted by molar-refractivity contribution is 5.45. The van der Waals surface area contributed by atoms with Gasteiger partial charge in [-0.3, -0.25) is 4.98 Å². The van der Waals surface area contributed by atoms with Crippen LogP contribution in [-0.4, -0.2) is 22.7 Å². The molecule has 0 saturated heterocycles. The van der Waals surface area contributed by atoms with E-state index >= 15 is 0 Å². The molecule has 1 unspecified atom stereocenters. The van der Waals surface area contributed by atoms with Crippen molar-refractivity contribution in [3.8, 4) is 0 Å². The van der Waals surface area contributed by atoms with Crippen molar-refractivity contribution in [3.63, 3.8) is 0 Å². The van der Waals surface area contributed by atoms with E-state index in [2.05, 4.69) is 10.3 Å². The van der Waals surface area contributed by atoms with Gasteiger partial charge in [0.1, 0.15) is 0 Å². The summed E-state index contributed by atoms with van der Waals surface area (Å²) in [5.41, 5.74) is 7.03. The number of aliphatic hydroxyl groups excluding tert-OH is 1. The number of hydrogen-bond donors (Lipinski definition) is 3. The number of nitrogens with one attached hydrogen (secondary N) is 1. The molecular formula is C10H15N3O. The molecule has 0 radical (unpaired) electrons. The summed E-state index contributed by atoms with van der Waals surface area (Å²) < 4.78 is 0. The van der Waals surface area contributed by atoms with E-state index in [-0.39, 0.29) is 0 Å². The first-order chi connectivity index (χ1) is 6.77. The largest absolute Gasteiger partial charge is 0.398 e. The number of aliphatic hydroxyl groups is 1. The maximum Gasteiger partial charge on any atom is 0.0949 e. The number of nitrogens with zero attached hydrogens (tertiary/aromatic N) is 1. The van der Waals surface area contributed by atoms with Gasteiger partial charge in [0.25, 0.3) is 0 Å². The van der Waals surface area contributed by atoms with E-state index in [4.69, 9.17) is 5.73 Å². The summed E-state index contributed by atoms with van der Waals surface area (Å²) in [6.07, 6.45) is 5.13. The molecule has 1 heterocycles. The zero-order chi connectivity index (χ0) is 9.97. The summed E-state index contributed by atoms with van der Waals surface area (Å²) >= 11 is 0. The summed E-state index contributed by atoms with van der Waals surface area (Å²) in [5.74, 6) is 0. The Morgan fingerprint density at radius 1 is 1.64 bits per heavy atom. The van der Waals surface area contributed by atoms with Gasteiger partial charge < -0.3 is 16.2 Å². The predicted molar refractivity (Wildman–Crippen MR) is 54.6 cm³/mol. The van der Waals surface area contributed by atoms with Crippen molar-refractivity contribution in [2.45, 2.75) is 25.0 Å². The van der Waals surface area contributed by atoms with Crippen LogP contribution in [0.3, 0.4) is 0 Å². The van der Waals surface area contributed by atoms with Gasteiger partial charge in [0.05, 0.1) is 6.10 Å². The summed E-state index contributed by atoms with van der Waals surface area (Å²) in [4.78, 5) is 3.94. The molecule has 1 fully saturated rings. The van der Waals surface area contributed by atoms with Crippen molar-refractivity contribution >= 4 is 5.69 Å². The number of nitrogens with two attached hydrogens (primary N) is 1. The van der Waals surface area contributed by atoms with Gasteiger partial charge in [0, 0.05) is 36.2 Å². The van der Waals surface area contributed by atoms with Crippen LogP contribution in [0.5, 0.6) is 0 Å². The second kappa shape index (κ2) is 3.94. The average molecular weight is 193 g/mol. The Bertz CT molecular complexity index is 312. The molecular weight excluding hydrogens is 178 g/mol. The Morgan fingerprint density at radius 3 is 3.07 bits per heavy atom. The van der Waals surface area contributed by atoms with Gasteiger partial charge in [-0.25, -0.2) is 0 Å². The van der Waals surface area contributed by atoms with Crippen LogP contribution >= 0.6 is 0 Å². The third kappa shape index (κ3) is 2.21. The van der Waals surface area contributed by atoms with Crippen molar-refractivity contribution in [2.24, 2.45) is 0 Å². The topological polar surface area (TPSA) is 71.2 Å². The maximum absolute atomic E-state index is 9.80. The number of rotatable bonds is 4. The summed E-state index contributed by atoms with van der Waals surface area (Å²) in [6.45, 7) is 0.556. The van der Waals surface area contributed by atoms with Gasteiger partial charge in [-0.05, 0) is 18.9 Å². The lowest BCUT2D eigenvalue weighted by Crippen LogP contribution is -2.23. The van der Waals surface area contributed by atoms with E-state index in [1.54, 1.807) is 18.5 Å². The molecule has 4 N–H and O–H groups in total. The van der Waals surface area contributed by atoms with Gasteiger partial charge in [-0.15, -0.1) is 0 Å². The first kappa shape index (κ1) is 9.43. The Labute approximate surface area is 83.2 Å². The molecule has 14 heavy (non-hydrogen) atoms. The minimum Gasteiger partial charge on any atom is -0.398 e. The number of anilines is 1. The SMILES string of the molecule is Nc1ccncc1C(O)CNC1CC1. The van der Waals surface area contributed by atoms with Gasteiger partial charge in [-0.1, -0.05) is 0 Å². The Balaban J connectivity index is 1.95. The average Bonchev–Trinajstić information content (AvgIpc) is 2.98. The summed E-state index contributed by atoms with van der Waals surface area (Å²) in [5, 5.41) is 13.0. The Kier molecular flexibility index (Phi) is 2.65. The molecule has 1 aromatic rings. The quantitative estimate of drug-likeness (QED) is 0.649. The highest BCUT2D eigenvalue weighted by Crippen LogP contribution is 2.22. The van der Waals surface area contributed by atoms with E-state index in [9.17, 15) is 5.11 Å². The minimum absolute atomic E-state index is 0.552. The fraction of sp³-hybridized carbons (Fsp3) is 0.500. The Morgan fingerprint density at radius 2 is 2.43 bits per heavy atom. The monoisotopic (exact) mass is 193 g/mol. The first-order valence-corrected chi connectivity index (χ1v) is 4.88. The van der Waals surface area contributed by atoms with E-state index in [1.807, 2.05) is 0 Å². The highest BCUT2D eigenvalue weighted by atomic mass is 16.3. The summed E-state index contributed by atoms with van der Waals surface area (Å²) in [6, 6.07) is 2.30. The van der Waals surface area contributed by atoms with Crippen molar-refractivity contribution in [2.75, 3.05) is 12.3 Å². The third-order valence-corrected chi connectivity index (χ3v) is 2.42. The third-order valence-electron chi connectivity index (χ3n) is 2.42. The van der Waals surface area contributed by atoms with Crippen molar-refractivity contribution < 1.29 is 5.11 Å². The molecule has 1 aliphatic carbocycles. The standard InChI is InChI=1S/C10H15N3O/c11-9-3-4-12-5-8(9)10(14)6-13-7-1-2-7/h3-5,7,10,13-14H,1-2,6H2,(H2,11,12). The van der Waals surface area contributed by atoms with Gasteiger partial charge in [0.15, 0.2) is 0 Å². The fourth-order valence-electron chi connectivity index (χ4n) is 1.37. The molecule has 2 rings (SSSR count). The molecule has 4 nitrogen and oxygen atoms in total. The van der Waals surface area contributed by atoms with E-state index in [0.29, 0.717) is 23.8 Å². The molecule has 4 heteroatoms. The highest BCUT2D eigenvalue weighted by Gasteiger charge is 2.22. The van der Waals surface area contributed by atoms with Crippen LogP contribution in [0.15, 0.2) is 18.5 Å². The van der Waals surface area contributed by atoms with Crippen molar-refractivity contribution in [1.82, 2.24) is 10.3 Å². The second-order valence-corrected chi connectivity index (χ2v) is 3.70. The molecule has 76 valence electrons. The molecule has 1 atom stereocenters. The van der Waals surface area contributed by atoms with Crippen molar-refractivity contribution in [1.29, 1.82) is 0 Å². The fourth-order valence-corrected chi connectivity index (χ4v) is 1.37. The van der Waals surface area contributed by atoms with E-state index in [1.165, 1.54) is 12.8 Å². The molecule has 0 bridgehead atoms. The molecule has 1 aromatic heterocycles. The normalized spacial score (nSPS) is 18.1. The minimum atomic E-state index is -0.552. The van der Waals surface area contributed by atoms with Gasteiger partial charge in [0.2, 0.25) is 0 Å². The number of aromatic nitrogens is 1. The van der Waals surface area contributed by atoms with Crippen LogP contribution in [0, 0.1) is 0 Å². The van der Waals surface area contributed by atoms with Crippen LogP contribution in [-0.2, 0) is 0 Å². The first-order valence-electron chi connectivity index (χ1n) is 4.88. The molecule has 1 saturated carbocycles. The Hall–Kier alpha value is -1.13. The zero-order valence-corrected chi connectivity index (χ0v) is 7.98. The predicted octanol–water partition coefficient (Wildman–Crippen LogP) is 0.449. The van der Waals surface area contributed by atoms with E-state index < -0.39 is 6.10 Å². The number of pyridine rings is 1. The van der Waals surface area contributed by atoms with Crippen molar-refractivity contribution in [3.05, 3.63) is 24.0 Å². The number of nitrogen functional groups attached to an aromatic ring is 1. The van der Waals surface area contributed by atoms with Gasteiger partial charge in [-0.2, -0.15) is 0 Å². The maximum atomic E-state index is 9.80. The lowest BCUT2D eigenvalue weighted by molar-refractivity contribution is 0.174. The van der Waals surface area contributed by atoms with E-state index in [0.717, 1.165) is 0 Å². The zero-order valence-electron chi connectivity index (χ0n) is 7.98. The molecule has 0 aromatic carbocycles. The number of hydrogen-bond acceptors (Lipinski definition) is 4. The summed E-state index contributed by atoms with van der Waals surface area (Å²) in [7, 11) is 0. The smallest absolute Gasteiger partial charge is 0.0949 e. The molecule has 0 amide bonds. The molecule has 0 aliphatic heterocycles. The lowest BCUT2D eigenvalue weighted by atomic mass is 10.1. The van der Waals surface area contributed by atoms with Crippen LogP contribution in [0.1, 0.15) is 24.5 Å². The second-order valence-electron chi connectivity index (χ2n) is 3.70. The van der Waals surface area contributed by atoms with Gasteiger partial charge >= 0.3 is 0 Å². The molecule has 0 spiro atoms. The molecule has 1 aliphatic rings. The lowest BCUT2D eigenvalue weighted by Gasteiger charge is -2.13. The van der Waals surface area contributed by atoms with Crippen LogP contribution in [0.2, 0.25) is 0 Å². The van der Waals surface area contributed by atoms with Crippen LogP contribution in [0.4, 0.5) is 5.69 Å².